The number of allylic oxidation sites excluding steroid dienone is 1. The highest BCUT2D eigenvalue weighted by atomic mass is 16.2. The van der Waals surface area contributed by atoms with Crippen LogP contribution in [0.5, 0.6) is 0 Å². The van der Waals surface area contributed by atoms with E-state index < -0.39 is 5.78 Å². The summed E-state index contributed by atoms with van der Waals surface area (Å²) in [6, 6.07) is 0. The summed E-state index contributed by atoms with van der Waals surface area (Å²) >= 11 is 0. The number of likely N-dealkylation sites (tertiary alicyclic amines) is 1. The molecule has 5 heteroatoms. The molecule has 120 valence electrons. The molecule has 21 heavy (non-hydrogen) atoms. The molecule has 0 bridgehead atoms. The second-order valence-corrected chi connectivity index (χ2v) is 2.57. The second-order valence-electron chi connectivity index (χ2n) is 2.57. The molecular formula is C16H27NO4. The number of hydrogen-bond donors (Lipinski definition) is 0. The van der Waals surface area contributed by atoms with Crippen LogP contribution < -0.4 is 0 Å². The van der Waals surface area contributed by atoms with Crippen LogP contribution in [0.4, 0.5) is 0 Å². The fraction of sp³-hybridized carbons (Fsp3) is 0.250. The van der Waals surface area contributed by atoms with Crippen LogP contribution >= 0.6 is 0 Å². The maximum Gasteiger partial charge on any atom is 0.229 e. The zero-order chi connectivity index (χ0) is 17.1. The first-order valence-electron chi connectivity index (χ1n) is 5.44. The van der Waals surface area contributed by atoms with Crippen LogP contribution in [0.15, 0.2) is 52.1 Å². The lowest BCUT2D eigenvalue weighted by Crippen LogP contribution is -2.23. The van der Waals surface area contributed by atoms with Gasteiger partial charge in [-0.25, -0.2) is 0 Å². The Kier molecular flexibility index (Phi) is 38.6. The van der Waals surface area contributed by atoms with E-state index in [4.69, 9.17) is 0 Å². The largest absolute Gasteiger partial charge is 0.294 e. The predicted molar refractivity (Wildman–Crippen MR) is 88.8 cm³/mol. The number of nitrogens with zero attached hydrogens (tertiary/aromatic N) is 1. The van der Waals surface area contributed by atoms with Gasteiger partial charge >= 0.3 is 0 Å². The molecule has 0 spiro atoms. The summed E-state index contributed by atoms with van der Waals surface area (Å²) in [5, 5.41) is 0. The number of carbonyl (C=O) groups excluding carboxylic acids is 4. The molecule has 0 saturated carbocycles. The van der Waals surface area contributed by atoms with E-state index in [1.54, 1.807) is 0 Å². The molecule has 0 unspecified atom stereocenters. The number of ketones is 1. The summed E-state index contributed by atoms with van der Waals surface area (Å²) in [6.07, 6.45) is 1.98. The van der Waals surface area contributed by atoms with E-state index in [-0.39, 0.29) is 25.5 Å². The van der Waals surface area contributed by atoms with Gasteiger partial charge in [-0.1, -0.05) is 14.0 Å². The molecule has 0 aliphatic carbocycles. The van der Waals surface area contributed by atoms with Crippen molar-refractivity contribution >= 4 is 23.9 Å². The highest BCUT2D eigenvalue weighted by molar-refractivity contribution is 6.30. The third kappa shape index (κ3) is 19.9. The Bertz CT molecular complexity index is 293. The topological polar surface area (TPSA) is 71.5 Å². The van der Waals surface area contributed by atoms with Crippen molar-refractivity contribution in [3.05, 3.63) is 52.1 Å². The van der Waals surface area contributed by atoms with Crippen molar-refractivity contribution in [3.8, 4) is 0 Å². The molecule has 1 aliphatic heterocycles. The first kappa shape index (κ1) is 31.0. The first-order chi connectivity index (χ1) is 9.52. The molecule has 1 aliphatic rings. The lowest BCUT2D eigenvalue weighted by atomic mass is 10.4. The number of aldehydes is 1. The quantitative estimate of drug-likeness (QED) is 0.258. The predicted octanol–water partition coefficient (Wildman–Crippen LogP) is 2.75. The third-order valence-electron chi connectivity index (χ3n) is 1.62. The van der Waals surface area contributed by atoms with E-state index in [1.807, 2.05) is 0 Å². The average molecular weight is 297 g/mol. The number of imide groups is 1. The fourth-order valence-electron chi connectivity index (χ4n) is 0.736. The van der Waals surface area contributed by atoms with Gasteiger partial charge in [0.15, 0.2) is 6.29 Å². The van der Waals surface area contributed by atoms with Gasteiger partial charge in [0.2, 0.25) is 17.6 Å². The second kappa shape index (κ2) is 26.1. The van der Waals surface area contributed by atoms with Crippen molar-refractivity contribution in [2.45, 2.75) is 20.3 Å². The minimum Gasteiger partial charge on any atom is -0.294 e. The molecule has 5 nitrogen and oxygen atoms in total. The number of carbonyl (C=O) groups is 4. The molecule has 1 fully saturated rings. The van der Waals surface area contributed by atoms with Gasteiger partial charge in [-0.2, -0.15) is 0 Å². The Balaban J connectivity index is -0.0000000590. The van der Waals surface area contributed by atoms with Crippen molar-refractivity contribution in [2.75, 3.05) is 7.05 Å². The van der Waals surface area contributed by atoms with Gasteiger partial charge in [-0.15, -0.1) is 39.5 Å². The molecule has 0 aromatic heterocycles. The van der Waals surface area contributed by atoms with Crippen LogP contribution in [0, 0.1) is 0 Å². The monoisotopic (exact) mass is 297 g/mol. The molecule has 0 radical (unpaired) electrons. The number of hydrogen-bond acceptors (Lipinski definition) is 4. The minimum absolute atomic E-state index is 0. The van der Waals surface area contributed by atoms with Crippen LogP contribution in [0.1, 0.15) is 20.3 Å². The van der Waals surface area contributed by atoms with E-state index in [2.05, 4.69) is 46.1 Å². The van der Waals surface area contributed by atoms with Crippen molar-refractivity contribution < 1.29 is 19.2 Å². The van der Waals surface area contributed by atoms with Gasteiger partial charge in [0.05, 0.1) is 0 Å². The van der Waals surface area contributed by atoms with Crippen molar-refractivity contribution in [2.24, 2.45) is 0 Å². The summed E-state index contributed by atoms with van der Waals surface area (Å²) in [6.45, 7) is 21.1. The standard InChI is InChI=1S/C5H7NO2.C4H4O2.3C2H4.CH4/c1-6-4(7)2-3-5(6)8;1-2-4(6)3-5;3*1-2;/h2-3H2,1H3;2-3H,1H2;3*1-2H2;1H4. The van der Waals surface area contributed by atoms with Crippen molar-refractivity contribution in [1.82, 2.24) is 4.90 Å². The summed E-state index contributed by atoms with van der Waals surface area (Å²) in [5.41, 5.74) is 0. The smallest absolute Gasteiger partial charge is 0.229 e. The average Bonchev–Trinajstić information content (AvgIpc) is 2.84. The first-order valence-corrected chi connectivity index (χ1v) is 5.44. The van der Waals surface area contributed by atoms with Crippen LogP contribution in [-0.2, 0) is 19.2 Å². The van der Waals surface area contributed by atoms with Gasteiger partial charge < -0.3 is 0 Å². The molecule has 1 saturated heterocycles. The maximum absolute atomic E-state index is 10.5. The Hall–Kier alpha value is -2.56. The van der Waals surface area contributed by atoms with Gasteiger partial charge in [0.25, 0.3) is 0 Å². The van der Waals surface area contributed by atoms with E-state index >= 15 is 0 Å². The number of amides is 2. The summed E-state index contributed by atoms with van der Waals surface area (Å²) in [7, 11) is 1.51. The highest BCUT2D eigenvalue weighted by Crippen LogP contribution is 2.07. The highest BCUT2D eigenvalue weighted by Gasteiger charge is 2.24. The van der Waals surface area contributed by atoms with E-state index in [0.717, 1.165) is 6.08 Å². The molecule has 1 rings (SSSR count). The molecule has 0 atom stereocenters. The molecule has 0 N–H and O–H groups in total. The molecule has 0 aromatic rings. The number of rotatable bonds is 2. The SMILES string of the molecule is C.C=C.C=C.C=C.C=CC(=O)C=O.CN1C(=O)CCC1=O. The van der Waals surface area contributed by atoms with Crippen LogP contribution in [0.25, 0.3) is 0 Å². The Morgan fingerprint density at radius 2 is 1.29 bits per heavy atom. The fourth-order valence-corrected chi connectivity index (χ4v) is 0.736. The van der Waals surface area contributed by atoms with Gasteiger partial charge in [-0.05, 0) is 6.08 Å². The van der Waals surface area contributed by atoms with E-state index in [0.29, 0.717) is 12.8 Å². The summed E-state index contributed by atoms with van der Waals surface area (Å²) in [4.78, 5) is 41.2. The lowest BCUT2D eigenvalue weighted by molar-refractivity contribution is -0.136. The Morgan fingerprint density at radius 1 is 1.00 bits per heavy atom. The Morgan fingerprint density at radius 3 is 1.33 bits per heavy atom. The minimum atomic E-state index is -0.574. The van der Waals surface area contributed by atoms with E-state index in [9.17, 15) is 19.2 Å². The van der Waals surface area contributed by atoms with Gasteiger partial charge in [0.1, 0.15) is 0 Å². The van der Waals surface area contributed by atoms with Crippen molar-refractivity contribution in [3.63, 3.8) is 0 Å². The summed E-state index contributed by atoms with van der Waals surface area (Å²) < 4.78 is 0. The summed E-state index contributed by atoms with van der Waals surface area (Å²) in [5.74, 6) is -0.694. The lowest BCUT2D eigenvalue weighted by Gasteiger charge is -2.01. The Labute approximate surface area is 128 Å². The molecule has 1 heterocycles. The zero-order valence-electron chi connectivity index (χ0n) is 12.1. The molecule has 0 aromatic carbocycles. The van der Waals surface area contributed by atoms with Gasteiger partial charge in [0, 0.05) is 19.9 Å². The molecular weight excluding hydrogens is 270 g/mol. The van der Waals surface area contributed by atoms with Crippen LogP contribution in [0.3, 0.4) is 0 Å². The maximum atomic E-state index is 10.5. The third-order valence-corrected chi connectivity index (χ3v) is 1.62. The molecule has 2 amide bonds. The van der Waals surface area contributed by atoms with Crippen molar-refractivity contribution in [1.29, 1.82) is 0 Å². The van der Waals surface area contributed by atoms with E-state index in [1.165, 1.54) is 11.9 Å². The van der Waals surface area contributed by atoms with Gasteiger partial charge in [-0.3, -0.25) is 24.1 Å². The van der Waals surface area contributed by atoms with Crippen LogP contribution in [0.2, 0.25) is 0 Å². The normalized spacial score (nSPS) is 10.2. The zero-order valence-corrected chi connectivity index (χ0v) is 12.1. The van der Waals surface area contributed by atoms with Crippen LogP contribution in [-0.4, -0.2) is 35.8 Å².